The van der Waals surface area contributed by atoms with E-state index in [4.69, 9.17) is 11.6 Å². The summed E-state index contributed by atoms with van der Waals surface area (Å²) in [7, 11) is -3.45. The van der Waals surface area contributed by atoms with Gasteiger partial charge < -0.3 is 5.32 Å². The third-order valence-electron chi connectivity index (χ3n) is 6.45. The Balaban J connectivity index is 1.28. The van der Waals surface area contributed by atoms with Crippen molar-refractivity contribution < 1.29 is 13.2 Å². The predicted molar refractivity (Wildman–Crippen MR) is 131 cm³/mol. The summed E-state index contributed by atoms with van der Waals surface area (Å²) in [6.45, 7) is 7.29. The Bertz CT molecular complexity index is 1060. The summed E-state index contributed by atoms with van der Waals surface area (Å²) in [5.41, 5.74) is 1.80. The van der Waals surface area contributed by atoms with Crippen LogP contribution in [0.15, 0.2) is 53.4 Å². The van der Waals surface area contributed by atoms with Gasteiger partial charge in [-0.05, 0) is 61.7 Å². The number of carbonyl (C=O) groups is 1. The van der Waals surface area contributed by atoms with Crippen molar-refractivity contribution in [2.24, 2.45) is 0 Å². The van der Waals surface area contributed by atoms with Gasteiger partial charge in [0.1, 0.15) is 0 Å². The molecule has 0 saturated carbocycles. The third kappa shape index (κ3) is 5.94. The fourth-order valence-corrected chi connectivity index (χ4v) is 6.13. The molecule has 2 fully saturated rings. The SMILES string of the molecule is CC(C(=O)Nc1ccc(S(=O)(=O)N2CCCC2)cc1)N1CCN(Cc2cccc(Cl)c2)CC1. The zero-order valence-corrected chi connectivity index (χ0v) is 20.5. The van der Waals surface area contributed by atoms with Gasteiger partial charge in [-0.15, -0.1) is 0 Å². The molecular weight excluding hydrogens is 460 g/mol. The molecule has 9 heteroatoms. The van der Waals surface area contributed by atoms with E-state index in [0.29, 0.717) is 18.8 Å². The molecular formula is C24H31ClN4O3S. The number of nitrogens with zero attached hydrogens (tertiary/aromatic N) is 3. The average Bonchev–Trinajstić information content (AvgIpc) is 3.36. The number of hydrogen-bond donors (Lipinski definition) is 1. The van der Waals surface area contributed by atoms with E-state index in [0.717, 1.165) is 50.6 Å². The van der Waals surface area contributed by atoms with Crippen LogP contribution in [0, 0.1) is 0 Å². The molecule has 1 atom stereocenters. The second-order valence-electron chi connectivity index (χ2n) is 8.74. The highest BCUT2D eigenvalue weighted by Gasteiger charge is 2.28. The predicted octanol–water partition coefficient (Wildman–Crippen LogP) is 3.27. The Morgan fingerprint density at radius 2 is 1.67 bits per heavy atom. The number of hydrogen-bond acceptors (Lipinski definition) is 5. The zero-order valence-electron chi connectivity index (χ0n) is 18.9. The van der Waals surface area contributed by atoms with Crippen LogP contribution < -0.4 is 5.32 Å². The van der Waals surface area contributed by atoms with Gasteiger partial charge in [0.15, 0.2) is 0 Å². The first-order valence-corrected chi connectivity index (χ1v) is 13.3. The number of nitrogens with one attached hydrogen (secondary N) is 1. The summed E-state index contributed by atoms with van der Waals surface area (Å²) in [5.74, 6) is -0.0894. The standard InChI is InChI=1S/C24H31ClN4O3S/c1-19(28-15-13-27(14-16-28)18-20-5-4-6-21(25)17-20)24(30)26-22-7-9-23(10-8-22)33(31,32)29-11-2-3-12-29/h4-10,17,19H,2-3,11-16,18H2,1H3,(H,26,30). The van der Waals surface area contributed by atoms with Crippen LogP contribution in [0.5, 0.6) is 0 Å². The number of benzene rings is 2. The van der Waals surface area contributed by atoms with E-state index in [1.807, 2.05) is 25.1 Å². The largest absolute Gasteiger partial charge is 0.325 e. The molecule has 1 unspecified atom stereocenters. The Morgan fingerprint density at radius 1 is 1.00 bits per heavy atom. The van der Waals surface area contributed by atoms with E-state index in [1.54, 1.807) is 24.3 Å². The van der Waals surface area contributed by atoms with Gasteiger partial charge in [0.05, 0.1) is 10.9 Å². The van der Waals surface area contributed by atoms with E-state index >= 15 is 0 Å². The second-order valence-corrected chi connectivity index (χ2v) is 11.1. The Morgan fingerprint density at radius 3 is 2.30 bits per heavy atom. The van der Waals surface area contributed by atoms with Gasteiger partial charge in [-0.3, -0.25) is 14.6 Å². The topological polar surface area (TPSA) is 73.0 Å². The minimum Gasteiger partial charge on any atom is -0.325 e. The summed E-state index contributed by atoms with van der Waals surface area (Å²) in [6, 6.07) is 14.1. The molecule has 33 heavy (non-hydrogen) atoms. The van der Waals surface area contributed by atoms with Crippen LogP contribution in [0.3, 0.4) is 0 Å². The molecule has 2 aromatic rings. The second kappa shape index (κ2) is 10.5. The molecule has 2 aliphatic heterocycles. The van der Waals surface area contributed by atoms with Crippen molar-refractivity contribution in [3.05, 3.63) is 59.1 Å². The van der Waals surface area contributed by atoms with Gasteiger partial charge in [0.25, 0.3) is 0 Å². The van der Waals surface area contributed by atoms with Crippen LogP contribution in [0.25, 0.3) is 0 Å². The maximum Gasteiger partial charge on any atom is 0.243 e. The highest BCUT2D eigenvalue weighted by molar-refractivity contribution is 7.89. The number of piperazine rings is 1. The minimum atomic E-state index is -3.45. The van der Waals surface area contributed by atoms with E-state index in [2.05, 4.69) is 21.2 Å². The number of rotatable bonds is 7. The van der Waals surface area contributed by atoms with Gasteiger partial charge in [-0.25, -0.2) is 8.42 Å². The van der Waals surface area contributed by atoms with Crippen molar-refractivity contribution in [3.63, 3.8) is 0 Å². The normalized spacial score (nSPS) is 19.5. The van der Waals surface area contributed by atoms with Crippen molar-refractivity contribution in [2.45, 2.75) is 37.2 Å². The van der Waals surface area contributed by atoms with Crippen molar-refractivity contribution in [1.29, 1.82) is 0 Å². The first-order valence-electron chi connectivity index (χ1n) is 11.4. The zero-order chi connectivity index (χ0) is 23.4. The molecule has 0 radical (unpaired) electrons. The molecule has 1 amide bonds. The van der Waals surface area contributed by atoms with Gasteiger partial charge in [-0.1, -0.05) is 23.7 Å². The molecule has 4 rings (SSSR count). The van der Waals surface area contributed by atoms with Crippen molar-refractivity contribution in [3.8, 4) is 0 Å². The fraction of sp³-hybridized carbons (Fsp3) is 0.458. The van der Waals surface area contributed by atoms with Crippen LogP contribution in [-0.2, 0) is 21.4 Å². The van der Waals surface area contributed by atoms with Crippen molar-refractivity contribution in [2.75, 3.05) is 44.6 Å². The van der Waals surface area contributed by atoms with Gasteiger partial charge in [-0.2, -0.15) is 4.31 Å². The Hall–Kier alpha value is -1.97. The molecule has 7 nitrogen and oxygen atoms in total. The highest BCUT2D eigenvalue weighted by Crippen LogP contribution is 2.22. The van der Waals surface area contributed by atoms with Crippen LogP contribution >= 0.6 is 11.6 Å². The first-order chi connectivity index (χ1) is 15.8. The number of anilines is 1. The summed E-state index contributed by atoms with van der Waals surface area (Å²) >= 11 is 6.09. The lowest BCUT2D eigenvalue weighted by Crippen LogP contribution is -2.52. The van der Waals surface area contributed by atoms with Crippen molar-refractivity contribution >= 4 is 33.2 Å². The van der Waals surface area contributed by atoms with Crippen molar-refractivity contribution in [1.82, 2.24) is 14.1 Å². The average molecular weight is 491 g/mol. The maximum absolute atomic E-state index is 12.8. The molecule has 0 aromatic heterocycles. The van der Waals surface area contributed by atoms with Crippen LogP contribution in [-0.4, -0.2) is 73.7 Å². The summed E-state index contributed by atoms with van der Waals surface area (Å²) in [4.78, 5) is 17.6. The van der Waals surface area contributed by atoms with Gasteiger partial charge in [0.2, 0.25) is 15.9 Å². The Kier molecular flexibility index (Phi) is 7.71. The monoisotopic (exact) mass is 490 g/mol. The molecule has 0 bridgehead atoms. The van der Waals surface area contributed by atoms with Gasteiger partial charge in [0, 0.05) is 56.5 Å². The lowest BCUT2D eigenvalue weighted by Gasteiger charge is -2.37. The smallest absolute Gasteiger partial charge is 0.243 e. The lowest BCUT2D eigenvalue weighted by molar-refractivity contribution is -0.121. The molecule has 2 heterocycles. The molecule has 1 N–H and O–H groups in total. The summed E-state index contributed by atoms with van der Waals surface area (Å²) in [5, 5.41) is 3.68. The fourth-order valence-electron chi connectivity index (χ4n) is 4.40. The third-order valence-corrected chi connectivity index (χ3v) is 8.60. The summed E-state index contributed by atoms with van der Waals surface area (Å²) < 4.78 is 26.8. The molecule has 2 saturated heterocycles. The van der Waals surface area contributed by atoms with E-state index in [9.17, 15) is 13.2 Å². The lowest BCUT2D eigenvalue weighted by atomic mass is 10.1. The Labute approximate surface area is 201 Å². The molecule has 2 aliphatic rings. The first kappa shape index (κ1) is 24.2. The number of amides is 1. The van der Waals surface area contributed by atoms with Gasteiger partial charge >= 0.3 is 0 Å². The van der Waals surface area contributed by atoms with E-state index < -0.39 is 10.0 Å². The molecule has 0 spiro atoms. The number of halogens is 1. The molecule has 178 valence electrons. The van der Waals surface area contributed by atoms with Crippen LogP contribution in [0.2, 0.25) is 5.02 Å². The van der Waals surface area contributed by atoms with Crippen LogP contribution in [0.4, 0.5) is 5.69 Å². The van der Waals surface area contributed by atoms with Crippen LogP contribution in [0.1, 0.15) is 25.3 Å². The molecule has 2 aromatic carbocycles. The minimum absolute atomic E-state index is 0.0894. The quantitative estimate of drug-likeness (QED) is 0.645. The van der Waals surface area contributed by atoms with E-state index in [-0.39, 0.29) is 16.8 Å². The number of sulfonamides is 1. The highest BCUT2D eigenvalue weighted by atomic mass is 35.5. The number of carbonyl (C=O) groups excluding carboxylic acids is 1. The summed E-state index contributed by atoms with van der Waals surface area (Å²) in [6.07, 6.45) is 1.81. The van der Waals surface area contributed by atoms with E-state index in [1.165, 1.54) is 9.87 Å². The maximum atomic E-state index is 12.8. The molecule has 0 aliphatic carbocycles.